The molecule has 11 rings (SSSR count). The Bertz CT molecular complexity index is 3130. The highest BCUT2D eigenvalue weighted by atomic mass is 32.1. The van der Waals surface area contributed by atoms with Crippen LogP contribution in [0.3, 0.4) is 0 Å². The first-order chi connectivity index (χ1) is 26.1. The standard InChI is InChI=1S/C46H28N3PS/c1-3-16-30(17-4-1)43-35-23-11-13-25-37(35)47-46(48-43)49-44-42(34-22-10-9-21-33(34)40-36-24-12-14-26-39(36)51-45(40)44)41-32-20-8-7-15-29(32)27-28-38(41)50(49)31-18-5-2-6-19-31/h1-28H/i1D,16D. The minimum atomic E-state index is -1.25. The molecule has 0 radical (unpaired) electrons. The van der Waals surface area contributed by atoms with Gasteiger partial charge in [-0.15, -0.1) is 11.3 Å². The second kappa shape index (κ2) is 11.3. The maximum absolute atomic E-state index is 8.98. The maximum Gasteiger partial charge on any atom is 0.235 e. The molecule has 0 N–H and O–H groups in total. The highest BCUT2D eigenvalue weighted by molar-refractivity contribution is 7.75. The van der Waals surface area contributed by atoms with Gasteiger partial charge in [-0.1, -0.05) is 158 Å². The number of rotatable bonds is 3. The summed E-state index contributed by atoms with van der Waals surface area (Å²) in [5.74, 6) is 0.595. The fraction of sp³-hybridized carbons (Fsp3) is 0. The molecule has 1 unspecified atom stereocenters. The van der Waals surface area contributed by atoms with Gasteiger partial charge in [0.15, 0.2) is 0 Å². The van der Waals surface area contributed by atoms with Crippen LogP contribution in [0.15, 0.2) is 170 Å². The summed E-state index contributed by atoms with van der Waals surface area (Å²) in [4.78, 5) is 10.9. The zero-order valence-corrected chi connectivity index (χ0v) is 28.9. The van der Waals surface area contributed by atoms with E-state index < -0.39 is 8.07 Å². The van der Waals surface area contributed by atoms with E-state index in [2.05, 4.69) is 120 Å². The fourth-order valence-electron chi connectivity index (χ4n) is 7.87. The van der Waals surface area contributed by atoms with Crippen molar-refractivity contribution in [1.82, 2.24) is 9.97 Å². The van der Waals surface area contributed by atoms with Gasteiger partial charge in [0, 0.05) is 48.2 Å². The van der Waals surface area contributed by atoms with Crippen LogP contribution in [0.2, 0.25) is 0 Å². The van der Waals surface area contributed by atoms with Crippen LogP contribution in [0.25, 0.3) is 75.0 Å². The number of hydrogen-bond donors (Lipinski definition) is 0. The average molecular weight is 688 g/mol. The number of nitrogens with zero attached hydrogens (tertiary/aromatic N) is 3. The van der Waals surface area contributed by atoms with Gasteiger partial charge in [-0.2, -0.15) is 0 Å². The summed E-state index contributed by atoms with van der Waals surface area (Å²) >= 11 is 1.84. The maximum atomic E-state index is 8.98. The van der Waals surface area contributed by atoms with Crippen molar-refractivity contribution in [3.8, 4) is 22.4 Å². The van der Waals surface area contributed by atoms with Gasteiger partial charge in [-0.3, -0.25) is 4.67 Å². The van der Waals surface area contributed by atoms with Crippen LogP contribution < -0.4 is 15.3 Å². The van der Waals surface area contributed by atoms with Crippen molar-refractivity contribution in [2.24, 2.45) is 0 Å². The second-order valence-corrected chi connectivity index (χ2v) is 15.9. The third kappa shape index (κ3) is 4.28. The van der Waals surface area contributed by atoms with Gasteiger partial charge in [0.25, 0.3) is 0 Å². The van der Waals surface area contributed by atoms with Crippen LogP contribution in [-0.4, -0.2) is 9.97 Å². The van der Waals surface area contributed by atoms with Crippen molar-refractivity contribution in [2.45, 2.75) is 0 Å². The van der Waals surface area contributed by atoms with Gasteiger partial charge in [0.05, 0.1) is 32.4 Å². The second-order valence-electron chi connectivity index (χ2n) is 12.8. The molecule has 2 aromatic heterocycles. The molecule has 8 aromatic carbocycles. The molecule has 1 atom stereocenters. The molecule has 0 saturated carbocycles. The summed E-state index contributed by atoms with van der Waals surface area (Å²) in [6.45, 7) is 0. The third-order valence-corrected chi connectivity index (χ3v) is 13.6. The van der Waals surface area contributed by atoms with E-state index in [0.29, 0.717) is 23.2 Å². The van der Waals surface area contributed by atoms with Gasteiger partial charge in [-0.05, 0) is 33.7 Å². The Balaban J connectivity index is 1.36. The molecule has 3 heterocycles. The van der Waals surface area contributed by atoms with Crippen molar-refractivity contribution in [2.75, 3.05) is 4.67 Å². The Labute approximate surface area is 302 Å². The fourth-order valence-corrected chi connectivity index (χ4v) is 11.7. The first kappa shape index (κ1) is 26.9. The van der Waals surface area contributed by atoms with Gasteiger partial charge < -0.3 is 0 Å². The molecule has 0 spiro atoms. The normalized spacial score (nSPS) is 14.6. The van der Waals surface area contributed by atoms with Crippen LogP contribution in [0.4, 0.5) is 11.6 Å². The molecule has 51 heavy (non-hydrogen) atoms. The van der Waals surface area contributed by atoms with Gasteiger partial charge in [-0.25, -0.2) is 9.97 Å². The molecule has 0 amide bonds. The van der Waals surface area contributed by atoms with E-state index in [0.717, 1.165) is 16.6 Å². The summed E-state index contributed by atoms with van der Waals surface area (Å²) < 4.78 is 22.1. The van der Waals surface area contributed by atoms with Gasteiger partial charge in [0.2, 0.25) is 5.95 Å². The molecule has 3 nitrogen and oxygen atoms in total. The summed E-state index contributed by atoms with van der Waals surface area (Å²) in [6.07, 6.45) is 0. The number of benzene rings is 8. The van der Waals surface area contributed by atoms with E-state index >= 15 is 0 Å². The number of thiophene rings is 1. The number of aromatic nitrogens is 2. The topological polar surface area (TPSA) is 29.0 Å². The summed E-state index contributed by atoms with van der Waals surface area (Å²) in [7, 11) is -1.25. The van der Waals surface area contributed by atoms with Crippen molar-refractivity contribution in [3.05, 3.63) is 170 Å². The van der Waals surface area contributed by atoms with E-state index in [1.165, 1.54) is 63.5 Å². The number of anilines is 2. The minimum Gasteiger partial charge on any atom is -0.278 e. The lowest BCUT2D eigenvalue weighted by molar-refractivity contribution is 1.17. The molecule has 238 valence electrons. The molecule has 0 aliphatic carbocycles. The SMILES string of the molecule is [2H]c1ccc(-c2nc(N3c4c(c5ccccc5c5c4sc4ccccc45)-c4c(ccc5ccccc45)P3c3ccccc3)nc3ccccc23)c([2H])c1. The van der Waals surface area contributed by atoms with E-state index in [-0.39, 0.29) is 6.04 Å². The van der Waals surface area contributed by atoms with Gasteiger partial charge >= 0.3 is 0 Å². The first-order valence-electron chi connectivity index (χ1n) is 18.0. The molecule has 10 aromatic rings. The Morgan fingerprint density at radius 2 is 1.29 bits per heavy atom. The molecule has 0 saturated heterocycles. The quantitative estimate of drug-likeness (QED) is 0.173. The zero-order valence-electron chi connectivity index (χ0n) is 29.2. The summed E-state index contributed by atoms with van der Waals surface area (Å²) in [6, 6.07) is 55.6. The largest absolute Gasteiger partial charge is 0.278 e. The van der Waals surface area contributed by atoms with Crippen LogP contribution in [-0.2, 0) is 0 Å². The third-order valence-electron chi connectivity index (χ3n) is 10.0. The van der Waals surface area contributed by atoms with E-state index in [4.69, 9.17) is 12.7 Å². The van der Waals surface area contributed by atoms with Crippen LogP contribution in [0, 0.1) is 0 Å². The Morgan fingerprint density at radius 1 is 0.569 bits per heavy atom. The number of fused-ring (bicyclic) bond motifs is 13. The van der Waals surface area contributed by atoms with Crippen molar-refractivity contribution < 1.29 is 2.74 Å². The minimum absolute atomic E-state index is 0.270. The monoisotopic (exact) mass is 687 g/mol. The zero-order chi connectivity index (χ0) is 35.2. The smallest absolute Gasteiger partial charge is 0.235 e. The molecule has 1 aliphatic rings. The average Bonchev–Trinajstić information content (AvgIpc) is 3.60. The van der Waals surface area contributed by atoms with Crippen molar-refractivity contribution >= 4 is 94.3 Å². The molecule has 5 heteroatoms. The van der Waals surface area contributed by atoms with Crippen molar-refractivity contribution in [1.29, 1.82) is 0 Å². The molecule has 1 aliphatic heterocycles. The first-order valence-corrected chi connectivity index (χ1v) is 19.1. The Morgan fingerprint density at radius 3 is 2.16 bits per heavy atom. The van der Waals surface area contributed by atoms with Crippen LogP contribution in [0.1, 0.15) is 2.74 Å². The lowest BCUT2D eigenvalue weighted by Gasteiger charge is -2.40. The van der Waals surface area contributed by atoms with E-state index in [9.17, 15) is 0 Å². The van der Waals surface area contributed by atoms with Crippen LogP contribution in [0.5, 0.6) is 0 Å². The predicted octanol–water partition coefficient (Wildman–Crippen LogP) is 12.1. The lowest BCUT2D eigenvalue weighted by atomic mass is 9.90. The molecular weight excluding hydrogens is 658 g/mol. The predicted molar refractivity (Wildman–Crippen MR) is 220 cm³/mol. The van der Waals surface area contributed by atoms with Gasteiger partial charge in [0.1, 0.15) is 0 Å². The molecule has 0 bridgehead atoms. The molecule has 0 fully saturated rings. The van der Waals surface area contributed by atoms with E-state index in [1.807, 2.05) is 41.7 Å². The van der Waals surface area contributed by atoms with E-state index in [1.54, 1.807) is 12.1 Å². The molecular formula is C46H28N3PS. The summed E-state index contributed by atoms with van der Waals surface area (Å²) in [5.41, 5.74) is 5.76. The summed E-state index contributed by atoms with van der Waals surface area (Å²) in [5, 5.41) is 10.7. The lowest BCUT2D eigenvalue weighted by Crippen LogP contribution is -2.31. The highest BCUT2D eigenvalue weighted by Gasteiger charge is 2.39. The number of para-hydroxylation sites is 1. The van der Waals surface area contributed by atoms with Crippen molar-refractivity contribution in [3.63, 3.8) is 0 Å². The number of hydrogen-bond acceptors (Lipinski definition) is 4. The van der Waals surface area contributed by atoms with Crippen LogP contribution >= 0.6 is 19.4 Å². The highest BCUT2D eigenvalue weighted by Crippen LogP contribution is 2.62. The Hall–Kier alpha value is -5.93. The Kier molecular flexibility index (Phi) is 5.95.